The van der Waals surface area contributed by atoms with Gasteiger partial charge < -0.3 is 5.32 Å². The number of hydrogen-bond acceptors (Lipinski definition) is 3. The summed E-state index contributed by atoms with van der Waals surface area (Å²) in [6.07, 6.45) is 8.61. The molecule has 0 atom stereocenters. The largest absolute Gasteiger partial charge is 0.317 e. The molecule has 3 rings (SSSR count). The maximum atomic E-state index is 4.26. The van der Waals surface area contributed by atoms with Crippen LogP contribution >= 0.6 is 0 Å². The molecule has 2 aliphatic rings. The van der Waals surface area contributed by atoms with E-state index in [-0.39, 0.29) is 0 Å². The summed E-state index contributed by atoms with van der Waals surface area (Å²) in [5, 5.41) is 11.8. The van der Waals surface area contributed by atoms with Gasteiger partial charge in [-0.05, 0) is 44.7 Å². The van der Waals surface area contributed by atoms with Crippen molar-refractivity contribution in [3.8, 4) is 0 Å². The second-order valence-electron chi connectivity index (χ2n) is 5.16. The third-order valence-corrected chi connectivity index (χ3v) is 4.06. The Morgan fingerprint density at radius 2 is 2.06 bits per heavy atom. The topological polar surface area (TPSA) is 42.7 Å². The highest BCUT2D eigenvalue weighted by Crippen LogP contribution is 2.30. The average Bonchev–Trinajstić information content (AvgIpc) is 2.73. The third-order valence-electron chi connectivity index (χ3n) is 4.06. The lowest BCUT2D eigenvalue weighted by Crippen LogP contribution is -2.28. The van der Waals surface area contributed by atoms with Crippen LogP contribution < -0.4 is 5.32 Å². The molecular weight excluding hydrogens is 200 g/mol. The Bertz CT molecular complexity index is 337. The van der Waals surface area contributed by atoms with Crippen LogP contribution in [0.4, 0.5) is 0 Å². The number of hydrogen-bond donors (Lipinski definition) is 1. The Labute approximate surface area is 96.4 Å². The molecule has 4 heteroatoms. The zero-order valence-electron chi connectivity index (χ0n) is 9.73. The van der Waals surface area contributed by atoms with Gasteiger partial charge in [0.15, 0.2) is 0 Å². The van der Waals surface area contributed by atoms with Crippen LogP contribution in [0.15, 0.2) is 6.20 Å². The Kier molecular flexibility index (Phi) is 2.91. The van der Waals surface area contributed by atoms with Crippen LogP contribution in [-0.4, -0.2) is 28.1 Å². The highest BCUT2D eigenvalue weighted by atomic mass is 15.4. The van der Waals surface area contributed by atoms with Gasteiger partial charge in [0, 0.05) is 12.5 Å². The first kappa shape index (κ1) is 10.3. The van der Waals surface area contributed by atoms with Crippen molar-refractivity contribution in [1.29, 1.82) is 0 Å². The molecule has 0 spiro atoms. The van der Waals surface area contributed by atoms with Crippen molar-refractivity contribution in [2.75, 3.05) is 13.1 Å². The van der Waals surface area contributed by atoms with Crippen LogP contribution in [0.1, 0.15) is 43.7 Å². The van der Waals surface area contributed by atoms with E-state index in [1.54, 1.807) is 0 Å². The molecular formula is C12H20N4. The molecule has 1 saturated heterocycles. The molecule has 1 aromatic rings. The van der Waals surface area contributed by atoms with Gasteiger partial charge in [-0.2, -0.15) is 0 Å². The van der Waals surface area contributed by atoms with Crippen molar-refractivity contribution in [2.45, 2.75) is 44.6 Å². The SMILES string of the molecule is c1nnn(CC2CCC2)c1C1CCNCC1. The molecule has 2 heterocycles. The Balaban J connectivity index is 1.70. The number of aromatic nitrogens is 3. The molecule has 16 heavy (non-hydrogen) atoms. The first-order valence-electron chi connectivity index (χ1n) is 6.52. The van der Waals surface area contributed by atoms with E-state index in [9.17, 15) is 0 Å². The van der Waals surface area contributed by atoms with E-state index in [1.807, 2.05) is 6.20 Å². The number of piperidine rings is 1. The lowest BCUT2D eigenvalue weighted by atomic mass is 9.85. The summed E-state index contributed by atoms with van der Waals surface area (Å²) < 4.78 is 2.17. The highest BCUT2D eigenvalue weighted by Gasteiger charge is 2.23. The van der Waals surface area contributed by atoms with Crippen LogP contribution in [0.25, 0.3) is 0 Å². The van der Waals surface area contributed by atoms with Gasteiger partial charge in [0.2, 0.25) is 0 Å². The van der Waals surface area contributed by atoms with Gasteiger partial charge >= 0.3 is 0 Å². The van der Waals surface area contributed by atoms with Gasteiger partial charge in [0.05, 0.1) is 11.9 Å². The summed E-state index contributed by atoms with van der Waals surface area (Å²) in [7, 11) is 0. The van der Waals surface area contributed by atoms with E-state index < -0.39 is 0 Å². The van der Waals surface area contributed by atoms with Crippen molar-refractivity contribution in [3.63, 3.8) is 0 Å². The van der Waals surface area contributed by atoms with Gasteiger partial charge in [-0.15, -0.1) is 5.10 Å². The lowest BCUT2D eigenvalue weighted by molar-refractivity contribution is 0.257. The van der Waals surface area contributed by atoms with Crippen molar-refractivity contribution >= 4 is 0 Å². The van der Waals surface area contributed by atoms with E-state index in [0.717, 1.165) is 25.6 Å². The first-order chi connectivity index (χ1) is 7.93. The van der Waals surface area contributed by atoms with E-state index in [2.05, 4.69) is 20.3 Å². The predicted molar refractivity (Wildman–Crippen MR) is 62.2 cm³/mol. The van der Waals surface area contributed by atoms with Crippen LogP contribution in [0.5, 0.6) is 0 Å². The standard InChI is InChI=1S/C12H20N4/c1-2-10(3-1)9-16-12(8-14-15-16)11-4-6-13-7-5-11/h8,10-11,13H,1-7,9H2. The lowest BCUT2D eigenvalue weighted by Gasteiger charge is -2.27. The average molecular weight is 220 g/mol. The molecule has 1 aliphatic carbocycles. The Morgan fingerprint density at radius 1 is 1.25 bits per heavy atom. The van der Waals surface area contributed by atoms with Crippen molar-refractivity contribution in [1.82, 2.24) is 20.3 Å². The zero-order valence-corrected chi connectivity index (χ0v) is 9.73. The molecule has 0 unspecified atom stereocenters. The number of nitrogens with one attached hydrogen (secondary N) is 1. The maximum absolute atomic E-state index is 4.26. The molecule has 0 amide bonds. The maximum Gasteiger partial charge on any atom is 0.0728 e. The summed E-state index contributed by atoms with van der Waals surface area (Å²) in [5.41, 5.74) is 1.37. The highest BCUT2D eigenvalue weighted by molar-refractivity contribution is 5.05. The first-order valence-corrected chi connectivity index (χ1v) is 6.52. The normalized spacial score (nSPS) is 23.2. The van der Waals surface area contributed by atoms with Crippen LogP contribution in [-0.2, 0) is 6.54 Å². The fourth-order valence-electron chi connectivity index (χ4n) is 2.76. The molecule has 1 aliphatic heterocycles. The van der Waals surface area contributed by atoms with Gasteiger partial charge in [-0.3, -0.25) is 0 Å². The van der Waals surface area contributed by atoms with Gasteiger partial charge in [-0.25, -0.2) is 4.68 Å². The molecule has 1 aromatic heterocycles. The smallest absolute Gasteiger partial charge is 0.0728 e. The second-order valence-corrected chi connectivity index (χ2v) is 5.16. The zero-order chi connectivity index (χ0) is 10.8. The van der Waals surface area contributed by atoms with Gasteiger partial charge in [-0.1, -0.05) is 11.6 Å². The van der Waals surface area contributed by atoms with Crippen molar-refractivity contribution in [2.24, 2.45) is 5.92 Å². The Hall–Kier alpha value is -0.900. The van der Waals surface area contributed by atoms with Crippen molar-refractivity contribution in [3.05, 3.63) is 11.9 Å². The Morgan fingerprint density at radius 3 is 2.75 bits per heavy atom. The molecule has 88 valence electrons. The van der Waals surface area contributed by atoms with Crippen LogP contribution in [0, 0.1) is 5.92 Å². The van der Waals surface area contributed by atoms with E-state index in [0.29, 0.717) is 5.92 Å². The molecule has 0 radical (unpaired) electrons. The summed E-state index contributed by atoms with van der Waals surface area (Å²) in [5.74, 6) is 1.54. The summed E-state index contributed by atoms with van der Waals surface area (Å²) >= 11 is 0. The van der Waals surface area contributed by atoms with Gasteiger partial charge in [0.25, 0.3) is 0 Å². The fraction of sp³-hybridized carbons (Fsp3) is 0.833. The minimum atomic E-state index is 0.677. The molecule has 4 nitrogen and oxygen atoms in total. The van der Waals surface area contributed by atoms with Gasteiger partial charge in [0.1, 0.15) is 0 Å². The number of rotatable bonds is 3. The monoisotopic (exact) mass is 220 g/mol. The predicted octanol–water partition coefficient (Wildman–Crippen LogP) is 1.55. The molecule has 1 N–H and O–H groups in total. The van der Waals surface area contributed by atoms with Crippen LogP contribution in [0.2, 0.25) is 0 Å². The quantitative estimate of drug-likeness (QED) is 0.840. The minimum absolute atomic E-state index is 0.677. The van der Waals surface area contributed by atoms with E-state index in [1.165, 1.54) is 37.8 Å². The summed E-state index contributed by atoms with van der Waals surface area (Å²) in [6, 6.07) is 0. The number of nitrogens with zero attached hydrogens (tertiary/aromatic N) is 3. The van der Waals surface area contributed by atoms with E-state index >= 15 is 0 Å². The third kappa shape index (κ3) is 1.98. The molecule has 1 saturated carbocycles. The summed E-state index contributed by atoms with van der Waals surface area (Å²) in [6.45, 7) is 3.37. The summed E-state index contributed by atoms with van der Waals surface area (Å²) in [4.78, 5) is 0. The molecule has 0 aromatic carbocycles. The minimum Gasteiger partial charge on any atom is -0.317 e. The molecule has 2 fully saturated rings. The van der Waals surface area contributed by atoms with Crippen molar-refractivity contribution < 1.29 is 0 Å². The second kappa shape index (κ2) is 4.53. The van der Waals surface area contributed by atoms with Crippen LogP contribution in [0.3, 0.4) is 0 Å². The fourth-order valence-corrected chi connectivity index (χ4v) is 2.76. The molecule has 0 bridgehead atoms. The van der Waals surface area contributed by atoms with E-state index in [4.69, 9.17) is 0 Å².